The third kappa shape index (κ3) is 3.15. The molecule has 1 N–H and O–H groups in total. The van der Waals surface area contributed by atoms with E-state index >= 15 is 0 Å². The first-order chi connectivity index (χ1) is 13.5. The predicted octanol–water partition coefficient (Wildman–Crippen LogP) is 3.78. The lowest BCUT2D eigenvalue weighted by Gasteiger charge is -2.39. The van der Waals surface area contributed by atoms with Crippen molar-refractivity contribution in [1.29, 1.82) is 0 Å². The van der Waals surface area contributed by atoms with Crippen LogP contribution in [0.2, 0.25) is 0 Å². The Morgan fingerprint density at radius 1 is 0.786 bits per heavy atom. The van der Waals surface area contributed by atoms with Gasteiger partial charge < -0.3 is 5.11 Å². The molecular formula is C23H23NO3S. The summed E-state index contributed by atoms with van der Waals surface area (Å²) in [4.78, 5) is 0.255. The van der Waals surface area contributed by atoms with Crippen molar-refractivity contribution in [2.45, 2.75) is 29.4 Å². The summed E-state index contributed by atoms with van der Waals surface area (Å²) in [6.45, 7) is 0.393. The van der Waals surface area contributed by atoms with E-state index in [9.17, 15) is 13.5 Å². The van der Waals surface area contributed by atoms with Crippen LogP contribution < -0.4 is 0 Å². The van der Waals surface area contributed by atoms with E-state index in [0.717, 1.165) is 0 Å². The molecule has 0 amide bonds. The first-order valence-electron chi connectivity index (χ1n) is 9.45. The van der Waals surface area contributed by atoms with Crippen molar-refractivity contribution in [3.63, 3.8) is 0 Å². The second kappa shape index (κ2) is 7.51. The molecule has 144 valence electrons. The molecule has 0 aliphatic carbocycles. The molecule has 3 aromatic carbocycles. The molecule has 0 unspecified atom stereocenters. The number of hydrogen-bond donors (Lipinski definition) is 1. The Bertz CT molecular complexity index is 982. The van der Waals surface area contributed by atoms with Gasteiger partial charge in [-0.05, 0) is 36.1 Å². The molecule has 5 heteroatoms. The Kier molecular flexibility index (Phi) is 5.06. The van der Waals surface area contributed by atoms with E-state index in [2.05, 4.69) is 0 Å². The Morgan fingerprint density at radius 3 is 1.75 bits per heavy atom. The molecule has 1 aliphatic heterocycles. The zero-order chi connectivity index (χ0) is 19.6. The quantitative estimate of drug-likeness (QED) is 0.718. The van der Waals surface area contributed by atoms with E-state index in [0.29, 0.717) is 30.5 Å². The highest BCUT2D eigenvalue weighted by Crippen LogP contribution is 2.42. The zero-order valence-electron chi connectivity index (χ0n) is 15.5. The topological polar surface area (TPSA) is 57.6 Å². The number of benzene rings is 3. The summed E-state index contributed by atoms with van der Waals surface area (Å²) in [7, 11) is -3.71. The molecule has 28 heavy (non-hydrogen) atoms. The van der Waals surface area contributed by atoms with Crippen LogP contribution in [0.25, 0.3) is 0 Å². The lowest BCUT2D eigenvalue weighted by atomic mass is 9.79. The van der Waals surface area contributed by atoms with Crippen LogP contribution in [0.4, 0.5) is 0 Å². The summed E-state index contributed by atoms with van der Waals surface area (Å²) in [5, 5.41) is 12.0. The average molecular weight is 394 g/mol. The van der Waals surface area contributed by atoms with Gasteiger partial charge in [0.05, 0.1) is 10.9 Å². The Hall–Kier alpha value is -2.47. The fourth-order valence-corrected chi connectivity index (χ4v) is 5.84. The number of aliphatic hydroxyl groups is 1. The second-order valence-electron chi connectivity index (χ2n) is 7.09. The Morgan fingerprint density at radius 2 is 1.25 bits per heavy atom. The van der Waals surface area contributed by atoms with Gasteiger partial charge in [0.2, 0.25) is 10.0 Å². The van der Waals surface area contributed by atoms with Gasteiger partial charge >= 0.3 is 0 Å². The molecule has 1 saturated heterocycles. The van der Waals surface area contributed by atoms with Crippen molar-refractivity contribution in [3.8, 4) is 0 Å². The van der Waals surface area contributed by atoms with Crippen LogP contribution in [0.15, 0.2) is 95.9 Å². The summed E-state index contributed by atoms with van der Waals surface area (Å²) in [5.41, 5.74) is -0.0383. The van der Waals surface area contributed by atoms with Gasteiger partial charge in [-0.25, -0.2) is 8.42 Å². The lowest BCUT2D eigenvalue weighted by Crippen LogP contribution is -2.50. The highest BCUT2D eigenvalue weighted by Gasteiger charge is 2.49. The van der Waals surface area contributed by atoms with Crippen LogP contribution in [-0.4, -0.2) is 30.4 Å². The molecule has 0 saturated carbocycles. The van der Waals surface area contributed by atoms with E-state index in [4.69, 9.17) is 0 Å². The Labute approximate surface area is 166 Å². The molecule has 1 atom stereocenters. The number of rotatable bonds is 5. The normalized spacial score (nSPS) is 18.2. The molecule has 4 nitrogen and oxygen atoms in total. The minimum absolute atomic E-state index is 0.255. The largest absolute Gasteiger partial charge is 0.379 e. The highest BCUT2D eigenvalue weighted by molar-refractivity contribution is 7.89. The zero-order valence-corrected chi connectivity index (χ0v) is 16.3. The van der Waals surface area contributed by atoms with Crippen molar-refractivity contribution in [3.05, 3.63) is 102 Å². The van der Waals surface area contributed by atoms with Gasteiger partial charge in [0.1, 0.15) is 5.60 Å². The monoisotopic (exact) mass is 393 g/mol. The maximum Gasteiger partial charge on any atom is 0.243 e. The number of nitrogens with zero attached hydrogens (tertiary/aromatic N) is 1. The molecule has 3 aromatic rings. The second-order valence-corrected chi connectivity index (χ2v) is 8.98. The van der Waals surface area contributed by atoms with Gasteiger partial charge in [-0.1, -0.05) is 78.9 Å². The predicted molar refractivity (Wildman–Crippen MR) is 109 cm³/mol. The van der Waals surface area contributed by atoms with Crippen LogP contribution in [0, 0.1) is 0 Å². The van der Waals surface area contributed by atoms with Gasteiger partial charge in [0, 0.05) is 6.54 Å². The van der Waals surface area contributed by atoms with E-state index in [-0.39, 0.29) is 4.90 Å². The van der Waals surface area contributed by atoms with E-state index in [1.165, 1.54) is 4.31 Å². The van der Waals surface area contributed by atoms with Gasteiger partial charge in [-0.3, -0.25) is 0 Å². The van der Waals surface area contributed by atoms with Gasteiger partial charge in [-0.2, -0.15) is 4.31 Å². The molecule has 1 aliphatic rings. The molecule has 0 aromatic heterocycles. The van der Waals surface area contributed by atoms with Crippen molar-refractivity contribution in [2.75, 3.05) is 6.54 Å². The first kappa shape index (κ1) is 18.9. The maximum absolute atomic E-state index is 13.4. The molecule has 1 heterocycles. The van der Waals surface area contributed by atoms with Crippen LogP contribution in [0.1, 0.15) is 24.0 Å². The highest BCUT2D eigenvalue weighted by atomic mass is 32.2. The van der Waals surface area contributed by atoms with E-state index < -0.39 is 21.7 Å². The minimum Gasteiger partial charge on any atom is -0.379 e. The fourth-order valence-electron chi connectivity index (χ4n) is 4.11. The van der Waals surface area contributed by atoms with Crippen molar-refractivity contribution in [2.24, 2.45) is 0 Å². The third-order valence-corrected chi connectivity index (χ3v) is 7.39. The summed E-state index contributed by atoms with van der Waals surface area (Å²) in [6, 6.07) is 26.6. The molecule has 0 radical (unpaired) electrons. The summed E-state index contributed by atoms with van der Waals surface area (Å²) < 4.78 is 28.2. The van der Waals surface area contributed by atoms with Crippen molar-refractivity contribution < 1.29 is 13.5 Å². The standard InChI is InChI=1S/C23H23NO3S/c25-23(19-11-4-1-5-12-19,20-13-6-2-7-14-20)22-17-10-18-24(22)28(26,27)21-15-8-3-9-16-21/h1-9,11-16,22,25H,10,17-18H2/t22-/m0/s1. The summed E-state index contributed by atoms with van der Waals surface area (Å²) >= 11 is 0. The van der Waals surface area contributed by atoms with Crippen molar-refractivity contribution in [1.82, 2.24) is 4.31 Å². The molecule has 0 bridgehead atoms. The number of hydrogen-bond acceptors (Lipinski definition) is 3. The lowest BCUT2D eigenvalue weighted by molar-refractivity contribution is 0.0204. The third-order valence-electron chi connectivity index (χ3n) is 5.46. The van der Waals surface area contributed by atoms with Crippen LogP contribution in [0.3, 0.4) is 0 Å². The van der Waals surface area contributed by atoms with Crippen LogP contribution in [-0.2, 0) is 15.6 Å². The SMILES string of the molecule is O=S(=O)(c1ccccc1)N1CCC[C@H]1C(O)(c1ccccc1)c1ccccc1. The van der Waals surface area contributed by atoms with Gasteiger partial charge in [0.15, 0.2) is 0 Å². The van der Waals surface area contributed by atoms with Crippen LogP contribution >= 0.6 is 0 Å². The van der Waals surface area contributed by atoms with Gasteiger partial charge in [-0.15, -0.1) is 0 Å². The summed E-state index contributed by atoms with van der Waals surface area (Å²) in [5.74, 6) is 0. The smallest absolute Gasteiger partial charge is 0.243 e. The summed E-state index contributed by atoms with van der Waals surface area (Å²) in [6.07, 6.45) is 1.30. The number of sulfonamides is 1. The first-order valence-corrected chi connectivity index (χ1v) is 10.9. The minimum atomic E-state index is -3.71. The maximum atomic E-state index is 13.4. The molecule has 0 spiro atoms. The van der Waals surface area contributed by atoms with Crippen LogP contribution in [0.5, 0.6) is 0 Å². The fraction of sp³-hybridized carbons (Fsp3) is 0.217. The Balaban J connectivity index is 1.85. The molecular weight excluding hydrogens is 370 g/mol. The van der Waals surface area contributed by atoms with E-state index in [1.54, 1.807) is 30.3 Å². The molecule has 1 fully saturated rings. The van der Waals surface area contributed by atoms with Gasteiger partial charge in [0.25, 0.3) is 0 Å². The van der Waals surface area contributed by atoms with Crippen molar-refractivity contribution >= 4 is 10.0 Å². The molecule has 4 rings (SSSR count). The average Bonchev–Trinajstić information content (AvgIpc) is 3.26. The van der Waals surface area contributed by atoms with E-state index in [1.807, 2.05) is 60.7 Å².